The molecular weight excluding hydrogens is 205 g/mol. The Hall–Kier alpha value is -1.71. The van der Waals surface area contributed by atoms with Gasteiger partial charge in [-0.3, -0.25) is 4.68 Å². The molecule has 3 nitrogen and oxygen atoms in total. The van der Waals surface area contributed by atoms with Gasteiger partial charge < -0.3 is 0 Å². The van der Waals surface area contributed by atoms with Gasteiger partial charge in [-0.15, -0.1) is 0 Å². The Bertz CT molecular complexity index is 474. The largest absolute Gasteiger partial charge is 0.253 e. The summed E-state index contributed by atoms with van der Waals surface area (Å²) in [5, 5.41) is 4.31. The summed E-state index contributed by atoms with van der Waals surface area (Å²) in [6.45, 7) is 2.10. The molecule has 0 atom stereocenters. The second-order valence-corrected chi connectivity index (χ2v) is 3.73. The number of aryl methyl sites for hydroxylation is 2. The molecule has 1 aromatic heterocycles. The van der Waals surface area contributed by atoms with E-state index in [0.29, 0.717) is 5.82 Å². The van der Waals surface area contributed by atoms with Crippen LogP contribution >= 0.6 is 0 Å². The molecule has 1 heterocycles. The lowest BCUT2D eigenvalue weighted by molar-refractivity contribution is 0.628. The molecule has 1 aromatic carbocycles. The van der Waals surface area contributed by atoms with Crippen molar-refractivity contribution in [3.8, 4) is 11.4 Å². The quantitative estimate of drug-likeness (QED) is 0.794. The number of hydrogen-bond donors (Lipinski definition) is 0. The SMILES string of the molecule is CCCc1nc(-c2ccc(F)cc2)nn1C. The minimum atomic E-state index is -0.242. The number of halogens is 1. The molecule has 0 saturated heterocycles. The van der Waals surface area contributed by atoms with Gasteiger partial charge in [-0.05, 0) is 30.7 Å². The number of benzene rings is 1. The van der Waals surface area contributed by atoms with E-state index in [0.717, 1.165) is 24.2 Å². The molecule has 0 saturated carbocycles. The van der Waals surface area contributed by atoms with Crippen LogP contribution in [0, 0.1) is 5.82 Å². The van der Waals surface area contributed by atoms with Crippen molar-refractivity contribution in [2.45, 2.75) is 19.8 Å². The van der Waals surface area contributed by atoms with Crippen molar-refractivity contribution in [2.75, 3.05) is 0 Å². The lowest BCUT2D eigenvalue weighted by Crippen LogP contribution is -1.98. The van der Waals surface area contributed by atoms with E-state index in [-0.39, 0.29) is 5.82 Å². The van der Waals surface area contributed by atoms with Crippen LogP contribution < -0.4 is 0 Å². The van der Waals surface area contributed by atoms with E-state index in [4.69, 9.17) is 0 Å². The van der Waals surface area contributed by atoms with Crippen molar-refractivity contribution in [3.63, 3.8) is 0 Å². The molecule has 0 radical (unpaired) electrons. The Balaban J connectivity index is 2.33. The molecule has 2 rings (SSSR count). The maximum atomic E-state index is 12.8. The van der Waals surface area contributed by atoms with E-state index in [9.17, 15) is 4.39 Å². The summed E-state index contributed by atoms with van der Waals surface area (Å²) in [6, 6.07) is 6.23. The Morgan fingerprint density at radius 3 is 2.56 bits per heavy atom. The number of nitrogens with zero attached hydrogens (tertiary/aromatic N) is 3. The smallest absolute Gasteiger partial charge is 0.181 e. The first-order valence-corrected chi connectivity index (χ1v) is 5.36. The zero-order chi connectivity index (χ0) is 11.5. The van der Waals surface area contributed by atoms with Crippen molar-refractivity contribution in [2.24, 2.45) is 7.05 Å². The van der Waals surface area contributed by atoms with E-state index in [2.05, 4.69) is 17.0 Å². The van der Waals surface area contributed by atoms with Crippen LogP contribution in [0.15, 0.2) is 24.3 Å². The maximum absolute atomic E-state index is 12.8. The van der Waals surface area contributed by atoms with E-state index < -0.39 is 0 Å². The van der Waals surface area contributed by atoms with Gasteiger partial charge in [0, 0.05) is 19.0 Å². The summed E-state index contributed by atoms with van der Waals surface area (Å²) < 4.78 is 14.5. The van der Waals surface area contributed by atoms with Crippen molar-refractivity contribution in [1.82, 2.24) is 14.8 Å². The Morgan fingerprint density at radius 2 is 1.94 bits per heavy atom. The number of hydrogen-bond acceptors (Lipinski definition) is 2. The monoisotopic (exact) mass is 219 g/mol. The van der Waals surface area contributed by atoms with Gasteiger partial charge in [0.1, 0.15) is 11.6 Å². The zero-order valence-corrected chi connectivity index (χ0v) is 9.44. The van der Waals surface area contributed by atoms with Crippen LogP contribution in [0.2, 0.25) is 0 Å². The summed E-state index contributed by atoms with van der Waals surface area (Å²) in [6.07, 6.45) is 1.94. The standard InChI is InChI=1S/C12H14FN3/c1-3-4-11-14-12(15-16(11)2)9-5-7-10(13)8-6-9/h5-8H,3-4H2,1-2H3. The molecule has 0 fully saturated rings. The van der Waals surface area contributed by atoms with Crippen molar-refractivity contribution >= 4 is 0 Å². The zero-order valence-electron chi connectivity index (χ0n) is 9.44. The molecule has 0 aliphatic rings. The molecule has 16 heavy (non-hydrogen) atoms. The van der Waals surface area contributed by atoms with Crippen LogP contribution in [0.25, 0.3) is 11.4 Å². The van der Waals surface area contributed by atoms with Gasteiger partial charge in [-0.1, -0.05) is 6.92 Å². The first-order valence-electron chi connectivity index (χ1n) is 5.36. The summed E-state index contributed by atoms with van der Waals surface area (Å²) in [7, 11) is 1.88. The van der Waals surface area contributed by atoms with Gasteiger partial charge in [-0.25, -0.2) is 9.37 Å². The fraction of sp³-hybridized carbons (Fsp3) is 0.333. The first-order chi connectivity index (χ1) is 7.70. The van der Waals surface area contributed by atoms with Crippen molar-refractivity contribution < 1.29 is 4.39 Å². The first kappa shape index (κ1) is 10.8. The highest BCUT2D eigenvalue weighted by Gasteiger charge is 2.08. The van der Waals surface area contributed by atoms with E-state index in [1.807, 2.05) is 7.05 Å². The topological polar surface area (TPSA) is 30.7 Å². The van der Waals surface area contributed by atoms with Gasteiger partial charge in [0.2, 0.25) is 0 Å². The second kappa shape index (κ2) is 4.43. The summed E-state index contributed by atoms with van der Waals surface area (Å²) in [5.74, 6) is 1.38. The van der Waals surface area contributed by atoms with Crippen molar-refractivity contribution in [1.29, 1.82) is 0 Å². The number of rotatable bonds is 3. The fourth-order valence-corrected chi connectivity index (χ4v) is 1.58. The molecule has 0 N–H and O–H groups in total. The highest BCUT2D eigenvalue weighted by Crippen LogP contribution is 2.16. The van der Waals surface area contributed by atoms with Crippen LogP contribution in [-0.4, -0.2) is 14.8 Å². The highest BCUT2D eigenvalue weighted by atomic mass is 19.1. The average molecular weight is 219 g/mol. The van der Waals surface area contributed by atoms with Crippen LogP contribution in [0.1, 0.15) is 19.2 Å². The minimum absolute atomic E-state index is 0.242. The van der Waals surface area contributed by atoms with Crippen LogP contribution in [0.4, 0.5) is 4.39 Å². The van der Waals surface area contributed by atoms with E-state index in [1.165, 1.54) is 12.1 Å². The minimum Gasteiger partial charge on any atom is -0.253 e. The fourth-order valence-electron chi connectivity index (χ4n) is 1.58. The molecule has 84 valence electrons. The summed E-state index contributed by atoms with van der Waals surface area (Å²) in [5.41, 5.74) is 0.847. The average Bonchev–Trinajstić information content (AvgIpc) is 2.62. The third kappa shape index (κ3) is 2.10. The third-order valence-corrected chi connectivity index (χ3v) is 2.43. The number of aromatic nitrogens is 3. The molecular formula is C12H14FN3. The van der Waals surface area contributed by atoms with Gasteiger partial charge in [0.15, 0.2) is 5.82 Å². The summed E-state index contributed by atoms with van der Waals surface area (Å²) >= 11 is 0. The van der Waals surface area contributed by atoms with E-state index in [1.54, 1.807) is 16.8 Å². The van der Waals surface area contributed by atoms with Crippen LogP contribution in [0.3, 0.4) is 0 Å². The molecule has 2 aromatic rings. The van der Waals surface area contributed by atoms with Crippen LogP contribution in [-0.2, 0) is 13.5 Å². The summed E-state index contributed by atoms with van der Waals surface area (Å²) in [4.78, 5) is 4.43. The van der Waals surface area contributed by atoms with Gasteiger partial charge in [0.25, 0.3) is 0 Å². The Morgan fingerprint density at radius 1 is 1.25 bits per heavy atom. The predicted molar refractivity (Wildman–Crippen MR) is 60.4 cm³/mol. The lowest BCUT2D eigenvalue weighted by Gasteiger charge is -1.93. The molecule has 0 aliphatic heterocycles. The predicted octanol–water partition coefficient (Wildman–Crippen LogP) is 2.57. The van der Waals surface area contributed by atoms with Gasteiger partial charge in [-0.2, -0.15) is 5.10 Å². The Labute approximate surface area is 93.9 Å². The van der Waals surface area contributed by atoms with Crippen molar-refractivity contribution in [3.05, 3.63) is 35.9 Å². The molecule has 0 unspecified atom stereocenters. The maximum Gasteiger partial charge on any atom is 0.181 e. The van der Waals surface area contributed by atoms with Crippen LogP contribution in [0.5, 0.6) is 0 Å². The van der Waals surface area contributed by atoms with Gasteiger partial charge >= 0.3 is 0 Å². The normalized spacial score (nSPS) is 10.7. The Kier molecular flexibility index (Phi) is 2.99. The molecule has 0 amide bonds. The van der Waals surface area contributed by atoms with E-state index >= 15 is 0 Å². The lowest BCUT2D eigenvalue weighted by atomic mass is 10.2. The van der Waals surface area contributed by atoms with Gasteiger partial charge in [0.05, 0.1) is 0 Å². The molecule has 0 spiro atoms. The second-order valence-electron chi connectivity index (χ2n) is 3.73. The third-order valence-electron chi connectivity index (χ3n) is 2.43. The molecule has 4 heteroatoms. The molecule has 0 bridgehead atoms. The highest BCUT2D eigenvalue weighted by molar-refractivity contribution is 5.54. The molecule has 0 aliphatic carbocycles.